The van der Waals surface area contributed by atoms with Crippen molar-refractivity contribution in [2.24, 2.45) is 12.8 Å². The maximum atomic E-state index is 12.3. The molecular formula is C12H19F3N4O. The van der Waals surface area contributed by atoms with E-state index in [2.05, 4.69) is 10.4 Å². The lowest BCUT2D eigenvalue weighted by molar-refractivity contribution is -0.130. The van der Waals surface area contributed by atoms with E-state index in [9.17, 15) is 18.0 Å². The van der Waals surface area contributed by atoms with Gasteiger partial charge in [-0.1, -0.05) is 20.8 Å². The molecule has 1 aromatic rings. The summed E-state index contributed by atoms with van der Waals surface area (Å²) in [5.74, 6) is -0.868. The maximum Gasteiger partial charge on any atom is 0.401 e. The highest BCUT2D eigenvalue weighted by Crippen LogP contribution is 2.28. The van der Waals surface area contributed by atoms with Gasteiger partial charge in [0.05, 0.1) is 12.2 Å². The SMILES string of the molecule is Cn1cc(C(NCC(F)(F)F)C(N)=O)c(C(C)(C)C)n1. The van der Waals surface area contributed by atoms with Crippen molar-refractivity contribution < 1.29 is 18.0 Å². The number of carbonyl (C=O) groups excluding carboxylic acids is 1. The third-order valence-corrected chi connectivity index (χ3v) is 2.67. The number of rotatable bonds is 4. The first kappa shape index (κ1) is 16.5. The molecule has 0 aliphatic heterocycles. The Hall–Kier alpha value is -1.57. The standard InChI is InChI=1S/C12H19F3N4O/c1-11(2,3)9-7(5-19(4)18-9)8(10(16)20)17-6-12(13,14)15/h5,8,17H,6H2,1-4H3,(H2,16,20). The molecule has 0 aromatic carbocycles. The van der Waals surface area contributed by atoms with Gasteiger partial charge in [-0.15, -0.1) is 0 Å². The molecule has 20 heavy (non-hydrogen) atoms. The Balaban J connectivity index is 3.13. The Morgan fingerprint density at radius 3 is 2.40 bits per heavy atom. The first-order valence-corrected chi connectivity index (χ1v) is 6.05. The Labute approximate surface area is 115 Å². The highest BCUT2D eigenvalue weighted by Gasteiger charge is 2.33. The van der Waals surface area contributed by atoms with Gasteiger partial charge in [0.1, 0.15) is 6.04 Å². The number of primary amides is 1. The summed E-state index contributed by atoms with van der Waals surface area (Å²) in [6, 6.07) is -1.22. The van der Waals surface area contributed by atoms with Crippen molar-refractivity contribution in [3.8, 4) is 0 Å². The second-order valence-electron chi connectivity index (χ2n) is 5.69. The molecule has 0 aliphatic carbocycles. The van der Waals surface area contributed by atoms with Crippen LogP contribution in [0.2, 0.25) is 0 Å². The molecule has 0 saturated heterocycles. The fraction of sp³-hybridized carbons (Fsp3) is 0.667. The minimum atomic E-state index is -4.42. The van der Waals surface area contributed by atoms with E-state index in [-0.39, 0.29) is 0 Å². The summed E-state index contributed by atoms with van der Waals surface area (Å²) in [4.78, 5) is 11.5. The molecule has 3 N–H and O–H groups in total. The third-order valence-electron chi connectivity index (χ3n) is 2.67. The number of nitrogens with zero attached hydrogens (tertiary/aromatic N) is 2. The van der Waals surface area contributed by atoms with Gasteiger partial charge in [0, 0.05) is 24.2 Å². The van der Waals surface area contributed by atoms with Crippen LogP contribution in [0.15, 0.2) is 6.20 Å². The number of nitrogens with two attached hydrogens (primary N) is 1. The van der Waals surface area contributed by atoms with Crippen LogP contribution in [-0.2, 0) is 17.3 Å². The van der Waals surface area contributed by atoms with Crippen LogP contribution in [0.4, 0.5) is 13.2 Å². The lowest BCUT2D eigenvalue weighted by Crippen LogP contribution is -2.39. The highest BCUT2D eigenvalue weighted by molar-refractivity contribution is 5.81. The van der Waals surface area contributed by atoms with Gasteiger partial charge in [-0.3, -0.25) is 14.8 Å². The van der Waals surface area contributed by atoms with E-state index < -0.39 is 30.1 Å². The Bertz CT molecular complexity index is 488. The van der Waals surface area contributed by atoms with E-state index >= 15 is 0 Å². The summed E-state index contributed by atoms with van der Waals surface area (Å²) in [5.41, 5.74) is 5.71. The number of amides is 1. The van der Waals surface area contributed by atoms with Crippen LogP contribution in [-0.4, -0.2) is 28.4 Å². The molecule has 1 amide bonds. The van der Waals surface area contributed by atoms with E-state index in [1.807, 2.05) is 20.8 Å². The molecule has 1 unspecified atom stereocenters. The normalized spacial score (nSPS) is 14.3. The third kappa shape index (κ3) is 4.22. The fourth-order valence-electron chi connectivity index (χ4n) is 1.88. The summed E-state index contributed by atoms with van der Waals surface area (Å²) in [6.45, 7) is 4.29. The van der Waals surface area contributed by atoms with Crippen molar-refractivity contribution in [1.29, 1.82) is 0 Å². The molecule has 1 aromatic heterocycles. The zero-order valence-corrected chi connectivity index (χ0v) is 11.9. The number of nitrogens with one attached hydrogen (secondary N) is 1. The lowest BCUT2D eigenvalue weighted by atomic mass is 9.87. The maximum absolute atomic E-state index is 12.3. The van der Waals surface area contributed by atoms with Gasteiger partial charge < -0.3 is 5.73 Å². The van der Waals surface area contributed by atoms with Crippen LogP contribution in [0.25, 0.3) is 0 Å². The second-order valence-corrected chi connectivity index (χ2v) is 5.69. The summed E-state index contributed by atoms with van der Waals surface area (Å²) in [5, 5.41) is 6.37. The molecule has 1 rings (SSSR count). The number of hydrogen-bond donors (Lipinski definition) is 2. The van der Waals surface area contributed by atoms with Crippen LogP contribution in [0, 0.1) is 0 Å². The van der Waals surface area contributed by atoms with Crippen LogP contribution >= 0.6 is 0 Å². The number of aromatic nitrogens is 2. The molecule has 114 valence electrons. The van der Waals surface area contributed by atoms with Gasteiger partial charge in [-0.05, 0) is 0 Å². The molecule has 0 spiro atoms. The van der Waals surface area contributed by atoms with Crippen LogP contribution in [0.5, 0.6) is 0 Å². The molecular weight excluding hydrogens is 273 g/mol. The zero-order valence-electron chi connectivity index (χ0n) is 11.9. The number of halogens is 3. The minimum absolute atomic E-state index is 0.372. The van der Waals surface area contributed by atoms with Crippen molar-refractivity contribution in [1.82, 2.24) is 15.1 Å². The van der Waals surface area contributed by atoms with Crippen LogP contribution in [0.1, 0.15) is 38.1 Å². The summed E-state index contributed by atoms with van der Waals surface area (Å²) in [7, 11) is 1.64. The highest BCUT2D eigenvalue weighted by atomic mass is 19.4. The van der Waals surface area contributed by atoms with Gasteiger partial charge in [0.25, 0.3) is 0 Å². The van der Waals surface area contributed by atoms with E-state index in [1.54, 1.807) is 7.05 Å². The average Bonchev–Trinajstić information content (AvgIpc) is 2.57. The zero-order chi connectivity index (χ0) is 15.7. The van der Waals surface area contributed by atoms with Gasteiger partial charge in [-0.2, -0.15) is 18.3 Å². The fourth-order valence-corrected chi connectivity index (χ4v) is 1.88. The van der Waals surface area contributed by atoms with E-state index in [1.165, 1.54) is 10.9 Å². The predicted octanol–water partition coefficient (Wildman–Crippen LogP) is 1.40. The molecule has 0 fully saturated rings. The van der Waals surface area contributed by atoms with Crippen molar-refractivity contribution in [2.45, 2.75) is 38.4 Å². The summed E-state index contributed by atoms with van der Waals surface area (Å²) in [6.07, 6.45) is -2.91. The van der Waals surface area contributed by atoms with Crippen LogP contribution < -0.4 is 11.1 Å². The summed E-state index contributed by atoms with van der Waals surface area (Å²) < 4.78 is 38.4. The van der Waals surface area contributed by atoms with Gasteiger partial charge in [-0.25, -0.2) is 0 Å². The van der Waals surface area contributed by atoms with Crippen LogP contribution in [0.3, 0.4) is 0 Å². The molecule has 1 atom stereocenters. The molecule has 0 radical (unpaired) electrons. The smallest absolute Gasteiger partial charge is 0.368 e. The first-order chi connectivity index (χ1) is 8.92. The van der Waals surface area contributed by atoms with Crippen molar-refractivity contribution in [3.63, 3.8) is 0 Å². The second kappa shape index (κ2) is 5.43. The monoisotopic (exact) mass is 292 g/mol. The topological polar surface area (TPSA) is 72.9 Å². The Kier molecular flexibility index (Phi) is 4.48. The lowest BCUT2D eigenvalue weighted by Gasteiger charge is -2.22. The quantitative estimate of drug-likeness (QED) is 0.881. The number of aryl methyl sites for hydroxylation is 1. The largest absolute Gasteiger partial charge is 0.401 e. The van der Waals surface area contributed by atoms with E-state index in [4.69, 9.17) is 5.73 Å². The van der Waals surface area contributed by atoms with E-state index in [0.29, 0.717) is 11.3 Å². The minimum Gasteiger partial charge on any atom is -0.368 e. The molecule has 5 nitrogen and oxygen atoms in total. The Morgan fingerprint density at radius 1 is 1.45 bits per heavy atom. The Morgan fingerprint density at radius 2 is 2.00 bits per heavy atom. The van der Waals surface area contributed by atoms with Crippen molar-refractivity contribution in [2.75, 3.05) is 6.54 Å². The molecule has 1 heterocycles. The van der Waals surface area contributed by atoms with Gasteiger partial charge in [0.15, 0.2) is 0 Å². The van der Waals surface area contributed by atoms with Gasteiger partial charge >= 0.3 is 6.18 Å². The number of hydrogen-bond acceptors (Lipinski definition) is 3. The molecule has 0 aliphatic rings. The van der Waals surface area contributed by atoms with Crippen molar-refractivity contribution >= 4 is 5.91 Å². The predicted molar refractivity (Wildman–Crippen MR) is 67.9 cm³/mol. The van der Waals surface area contributed by atoms with Crippen molar-refractivity contribution in [3.05, 3.63) is 17.5 Å². The van der Waals surface area contributed by atoms with E-state index in [0.717, 1.165) is 0 Å². The molecule has 0 saturated carbocycles. The molecule has 8 heteroatoms. The average molecular weight is 292 g/mol. The molecule has 0 bridgehead atoms. The number of alkyl halides is 3. The number of carbonyl (C=O) groups is 1. The first-order valence-electron chi connectivity index (χ1n) is 6.05. The van der Waals surface area contributed by atoms with Gasteiger partial charge in [0.2, 0.25) is 5.91 Å². The summed E-state index contributed by atoms with van der Waals surface area (Å²) >= 11 is 0.